The highest BCUT2D eigenvalue weighted by atomic mass is 35.5. The van der Waals surface area contributed by atoms with Gasteiger partial charge in [0.1, 0.15) is 0 Å². The van der Waals surface area contributed by atoms with Crippen LogP contribution in [0.4, 0.5) is 0 Å². The summed E-state index contributed by atoms with van der Waals surface area (Å²) in [6.07, 6.45) is 0. The molecule has 0 aromatic heterocycles. The summed E-state index contributed by atoms with van der Waals surface area (Å²) in [5.41, 5.74) is 0. The van der Waals surface area contributed by atoms with Gasteiger partial charge in [-0.05, 0) is 17.5 Å². The predicted octanol–water partition coefficient (Wildman–Crippen LogP) is 3.28. The molecule has 64 valence electrons. The molecule has 0 N–H and O–H groups in total. The van der Waals surface area contributed by atoms with Crippen molar-refractivity contribution in [3.8, 4) is 0 Å². The van der Waals surface area contributed by atoms with Gasteiger partial charge in [0.25, 0.3) is 4.90 Å². The molecule has 2 rings (SSSR count). The highest BCUT2D eigenvalue weighted by Crippen LogP contribution is 2.23. The van der Waals surface area contributed by atoms with Crippen LogP contribution in [0.1, 0.15) is 0 Å². The third kappa shape index (κ3) is 1.55. The van der Waals surface area contributed by atoms with E-state index in [1.165, 1.54) is 0 Å². The van der Waals surface area contributed by atoms with Gasteiger partial charge >= 0.3 is 11.7 Å². The lowest BCUT2D eigenvalue weighted by Gasteiger charge is -1.94. The van der Waals surface area contributed by atoms with Crippen molar-refractivity contribution in [2.24, 2.45) is 0 Å². The number of hydrogen-bond donors (Lipinski definition) is 0. The Kier molecular flexibility index (Phi) is 2.25. The minimum absolute atomic E-state index is 0.478. The molecule has 0 amide bonds. The van der Waals surface area contributed by atoms with Crippen LogP contribution >= 0.6 is 11.6 Å². The fourth-order valence-electron chi connectivity index (χ4n) is 1.31. The van der Waals surface area contributed by atoms with E-state index in [0.29, 0.717) is 21.6 Å². The molecule has 0 atom stereocenters. The Balaban J connectivity index is 2.89. The Bertz CT molecular complexity index is 467. The number of halogens is 1. The lowest BCUT2D eigenvalue weighted by Crippen LogP contribution is -1.79. The number of benzene rings is 2. The second-order valence-corrected chi connectivity index (χ2v) is 3.75. The molecule has 0 radical (unpaired) electrons. The molecule has 0 fully saturated rings. The molecule has 2 aromatic carbocycles. The van der Waals surface area contributed by atoms with Gasteiger partial charge in [0.15, 0.2) is 0 Å². The highest BCUT2D eigenvalue weighted by Gasteiger charge is 2.12. The summed E-state index contributed by atoms with van der Waals surface area (Å²) < 4.78 is 10.8. The second kappa shape index (κ2) is 3.40. The molecule has 0 saturated carbocycles. The van der Waals surface area contributed by atoms with Crippen molar-refractivity contribution in [3.63, 3.8) is 0 Å². The molecule has 0 aliphatic heterocycles. The first-order valence-corrected chi connectivity index (χ1v) is 4.91. The van der Waals surface area contributed by atoms with Crippen LogP contribution in [0, 0.1) is 0 Å². The maximum absolute atomic E-state index is 10.8. The minimum atomic E-state index is 0.478. The fraction of sp³-hybridized carbons (Fsp3) is 0. The summed E-state index contributed by atoms with van der Waals surface area (Å²) in [6, 6.07) is 11.3. The van der Waals surface area contributed by atoms with Crippen LogP contribution in [0.2, 0.25) is 5.02 Å². The average molecular weight is 210 g/mol. The van der Waals surface area contributed by atoms with E-state index in [9.17, 15) is 4.21 Å². The van der Waals surface area contributed by atoms with Crippen molar-refractivity contribution in [1.82, 2.24) is 0 Å². The van der Waals surface area contributed by atoms with E-state index in [4.69, 9.17) is 11.6 Å². The summed E-state index contributed by atoms with van der Waals surface area (Å²) in [5, 5.41) is 2.58. The molecular weight excluding hydrogens is 204 g/mol. The van der Waals surface area contributed by atoms with E-state index in [-0.39, 0.29) is 0 Å². The van der Waals surface area contributed by atoms with Gasteiger partial charge < -0.3 is 0 Å². The molecule has 13 heavy (non-hydrogen) atoms. The molecule has 0 bridgehead atoms. The molecule has 0 aliphatic carbocycles. The second-order valence-electron chi connectivity index (χ2n) is 2.71. The van der Waals surface area contributed by atoms with Crippen molar-refractivity contribution in [2.45, 2.75) is 4.90 Å². The van der Waals surface area contributed by atoms with E-state index >= 15 is 0 Å². The van der Waals surface area contributed by atoms with Gasteiger partial charge in [-0.15, -0.1) is 0 Å². The Morgan fingerprint density at radius 3 is 2.69 bits per heavy atom. The lowest BCUT2D eigenvalue weighted by molar-refractivity contribution is 0.605. The van der Waals surface area contributed by atoms with Crippen LogP contribution in [0.25, 0.3) is 10.8 Å². The smallest absolute Gasteiger partial charge is 0.0841 e. The van der Waals surface area contributed by atoms with E-state index in [1.54, 1.807) is 6.07 Å². The van der Waals surface area contributed by atoms with Gasteiger partial charge in [0.05, 0.1) is 5.39 Å². The molecule has 1 nitrogen and oxygen atoms in total. The van der Waals surface area contributed by atoms with Crippen LogP contribution in [-0.4, -0.2) is 0 Å². The van der Waals surface area contributed by atoms with Crippen LogP contribution in [-0.2, 0) is 15.9 Å². The fourth-order valence-corrected chi connectivity index (χ4v) is 2.05. The third-order valence-corrected chi connectivity index (χ3v) is 2.61. The topological polar surface area (TPSA) is 17.1 Å². The monoisotopic (exact) mass is 209 g/mol. The summed E-state index contributed by atoms with van der Waals surface area (Å²) in [6.45, 7) is 0. The zero-order valence-electron chi connectivity index (χ0n) is 6.66. The quantitative estimate of drug-likeness (QED) is 0.659. The summed E-state index contributed by atoms with van der Waals surface area (Å²) in [5.74, 6) is 0. The maximum Gasteiger partial charge on any atom is 0.505 e. The van der Waals surface area contributed by atoms with Gasteiger partial charge in [-0.1, -0.05) is 29.8 Å². The number of fused-ring (bicyclic) bond motifs is 1. The van der Waals surface area contributed by atoms with Gasteiger partial charge in [-0.3, -0.25) is 0 Å². The van der Waals surface area contributed by atoms with Crippen molar-refractivity contribution < 1.29 is 4.21 Å². The predicted molar refractivity (Wildman–Crippen MR) is 55.3 cm³/mol. The van der Waals surface area contributed by atoms with Crippen LogP contribution in [0.15, 0.2) is 41.3 Å². The maximum atomic E-state index is 10.8. The highest BCUT2D eigenvalue weighted by molar-refractivity contribution is 7.66. The van der Waals surface area contributed by atoms with Crippen molar-refractivity contribution in [3.05, 3.63) is 41.4 Å². The summed E-state index contributed by atoms with van der Waals surface area (Å²) in [7, 11) is 0. The van der Waals surface area contributed by atoms with Gasteiger partial charge in [0.2, 0.25) is 0 Å². The molecule has 0 saturated heterocycles. The number of hydrogen-bond acceptors (Lipinski definition) is 1. The lowest BCUT2D eigenvalue weighted by atomic mass is 10.1. The van der Waals surface area contributed by atoms with Crippen molar-refractivity contribution in [2.75, 3.05) is 0 Å². The van der Waals surface area contributed by atoms with E-state index in [1.807, 2.05) is 30.3 Å². The van der Waals surface area contributed by atoms with Crippen molar-refractivity contribution in [1.29, 1.82) is 0 Å². The van der Waals surface area contributed by atoms with Crippen LogP contribution in [0.5, 0.6) is 0 Å². The molecule has 0 unspecified atom stereocenters. The zero-order chi connectivity index (χ0) is 9.26. The molecule has 0 spiro atoms. The molecule has 0 aliphatic rings. The van der Waals surface area contributed by atoms with Crippen LogP contribution < -0.4 is 0 Å². The molecule has 0 heterocycles. The Morgan fingerprint density at radius 1 is 1.15 bits per heavy atom. The normalized spacial score (nSPS) is 10.2. The Hall–Kier alpha value is -0.990. The number of rotatable bonds is 1. The van der Waals surface area contributed by atoms with E-state index in [2.05, 4.69) is 0 Å². The minimum Gasteiger partial charge on any atom is -0.0841 e. The first kappa shape index (κ1) is 8.60. The largest absolute Gasteiger partial charge is 0.505 e. The van der Waals surface area contributed by atoms with Gasteiger partial charge in [0, 0.05) is 15.3 Å². The third-order valence-electron chi connectivity index (χ3n) is 1.88. The van der Waals surface area contributed by atoms with E-state index in [0.717, 1.165) is 10.8 Å². The molecular formula is C10H6ClOS+. The van der Waals surface area contributed by atoms with Gasteiger partial charge in [-0.2, -0.15) is 0 Å². The average Bonchev–Trinajstić information content (AvgIpc) is 2.16. The standard InChI is InChI=1S/C10H6ClOS/c11-8-5-7-3-1-2-4-9(7)10(6-8)13-12/h1-6H/q+1. The molecule has 2 aromatic rings. The summed E-state index contributed by atoms with van der Waals surface area (Å²) in [4.78, 5) is 0.683. The first-order valence-electron chi connectivity index (χ1n) is 3.79. The Morgan fingerprint density at radius 2 is 1.92 bits per heavy atom. The first-order chi connectivity index (χ1) is 6.31. The Labute approximate surface area is 84.8 Å². The SMILES string of the molecule is O=[S+]c1cc(Cl)cc2ccccc12. The van der Waals surface area contributed by atoms with E-state index < -0.39 is 0 Å². The molecule has 3 heteroatoms. The van der Waals surface area contributed by atoms with Crippen LogP contribution in [0.3, 0.4) is 0 Å². The zero-order valence-corrected chi connectivity index (χ0v) is 8.23. The summed E-state index contributed by atoms with van der Waals surface area (Å²) >= 11 is 6.33. The van der Waals surface area contributed by atoms with Gasteiger partial charge in [-0.25, -0.2) is 0 Å². The van der Waals surface area contributed by atoms with Crippen molar-refractivity contribution >= 4 is 34.0 Å².